The third-order valence-corrected chi connectivity index (χ3v) is 3.67. The second-order valence-electron chi connectivity index (χ2n) is 4.05. The number of nitrogens with zero attached hydrogens (tertiary/aromatic N) is 2. The van der Waals surface area contributed by atoms with Gasteiger partial charge in [-0.05, 0) is 25.8 Å². The van der Waals surface area contributed by atoms with Crippen LogP contribution >= 0.6 is 11.3 Å². The molecule has 5 heteroatoms. The predicted octanol–water partition coefficient (Wildman–Crippen LogP) is 2.57. The normalized spacial score (nSPS) is 12.9. The van der Waals surface area contributed by atoms with Crippen LogP contribution in [0.15, 0.2) is 0 Å². The number of nitrogens with one attached hydrogen (secondary N) is 1. The number of hydrogen-bond donors (Lipinski definition) is 1. The minimum absolute atomic E-state index is 0.364. The standard InChI is InChI=1S/C12H23N3OS/c1-4-8-13-10(5-2)12-15-14-11(17-12)7-6-9-16-3/h10,13H,4-9H2,1-3H3. The van der Waals surface area contributed by atoms with Crippen molar-refractivity contribution in [1.29, 1.82) is 0 Å². The largest absolute Gasteiger partial charge is 0.385 e. The molecule has 1 N–H and O–H groups in total. The Kier molecular flexibility index (Phi) is 7.32. The van der Waals surface area contributed by atoms with Crippen molar-refractivity contribution in [1.82, 2.24) is 15.5 Å². The highest BCUT2D eigenvalue weighted by atomic mass is 32.1. The minimum atomic E-state index is 0.364. The molecule has 0 saturated heterocycles. The summed E-state index contributed by atoms with van der Waals surface area (Å²) in [6.07, 6.45) is 4.20. The van der Waals surface area contributed by atoms with Crippen LogP contribution in [-0.4, -0.2) is 30.5 Å². The lowest BCUT2D eigenvalue weighted by Gasteiger charge is -2.12. The summed E-state index contributed by atoms with van der Waals surface area (Å²) in [6.45, 7) is 6.19. The molecule has 0 radical (unpaired) electrons. The molecule has 0 saturated carbocycles. The first-order valence-electron chi connectivity index (χ1n) is 6.36. The van der Waals surface area contributed by atoms with E-state index < -0.39 is 0 Å². The highest BCUT2D eigenvalue weighted by Crippen LogP contribution is 2.21. The van der Waals surface area contributed by atoms with Crippen LogP contribution in [0.2, 0.25) is 0 Å². The summed E-state index contributed by atoms with van der Waals surface area (Å²) >= 11 is 1.73. The van der Waals surface area contributed by atoms with Gasteiger partial charge in [0.15, 0.2) is 0 Å². The number of hydrogen-bond acceptors (Lipinski definition) is 5. The van der Waals surface area contributed by atoms with Gasteiger partial charge in [-0.2, -0.15) is 0 Å². The van der Waals surface area contributed by atoms with Crippen LogP contribution in [0.5, 0.6) is 0 Å². The van der Waals surface area contributed by atoms with Gasteiger partial charge in [0, 0.05) is 20.1 Å². The molecule has 1 heterocycles. The van der Waals surface area contributed by atoms with Gasteiger partial charge in [-0.3, -0.25) is 0 Å². The van der Waals surface area contributed by atoms with Crippen molar-refractivity contribution in [2.75, 3.05) is 20.3 Å². The van der Waals surface area contributed by atoms with Gasteiger partial charge in [0.2, 0.25) is 0 Å². The molecule has 1 rings (SSSR count). The van der Waals surface area contributed by atoms with E-state index in [-0.39, 0.29) is 0 Å². The molecular weight excluding hydrogens is 234 g/mol. The first-order chi connectivity index (χ1) is 8.31. The van der Waals surface area contributed by atoms with Crippen LogP contribution in [-0.2, 0) is 11.2 Å². The van der Waals surface area contributed by atoms with Crippen LogP contribution in [0.1, 0.15) is 49.2 Å². The summed E-state index contributed by atoms with van der Waals surface area (Å²) in [4.78, 5) is 0. The van der Waals surface area contributed by atoms with Gasteiger partial charge in [0.1, 0.15) is 10.0 Å². The summed E-state index contributed by atoms with van der Waals surface area (Å²) in [5.74, 6) is 0. The molecule has 0 bridgehead atoms. The van der Waals surface area contributed by atoms with E-state index in [0.717, 1.165) is 48.9 Å². The quantitative estimate of drug-likeness (QED) is 0.691. The van der Waals surface area contributed by atoms with Crippen LogP contribution in [0.3, 0.4) is 0 Å². The average molecular weight is 257 g/mol. The first kappa shape index (κ1) is 14.5. The van der Waals surface area contributed by atoms with Gasteiger partial charge < -0.3 is 10.1 Å². The van der Waals surface area contributed by atoms with Crippen LogP contribution in [0.25, 0.3) is 0 Å². The molecule has 0 amide bonds. The van der Waals surface area contributed by atoms with Crippen molar-refractivity contribution < 1.29 is 4.74 Å². The number of aromatic nitrogens is 2. The van der Waals surface area contributed by atoms with Crippen LogP contribution < -0.4 is 5.32 Å². The maximum Gasteiger partial charge on any atom is 0.134 e. The zero-order valence-corrected chi connectivity index (χ0v) is 11.8. The smallest absolute Gasteiger partial charge is 0.134 e. The number of ether oxygens (including phenoxy) is 1. The average Bonchev–Trinajstić information content (AvgIpc) is 2.79. The predicted molar refractivity (Wildman–Crippen MR) is 71.4 cm³/mol. The lowest BCUT2D eigenvalue weighted by atomic mass is 10.2. The van der Waals surface area contributed by atoms with Gasteiger partial charge in [-0.25, -0.2) is 0 Å². The maximum absolute atomic E-state index is 5.04. The summed E-state index contributed by atoms with van der Waals surface area (Å²) in [5.41, 5.74) is 0. The molecule has 98 valence electrons. The van der Waals surface area contributed by atoms with Crippen molar-refractivity contribution in [3.8, 4) is 0 Å². The molecule has 17 heavy (non-hydrogen) atoms. The van der Waals surface area contributed by atoms with Crippen molar-refractivity contribution in [3.63, 3.8) is 0 Å². The fourth-order valence-corrected chi connectivity index (χ4v) is 2.64. The minimum Gasteiger partial charge on any atom is -0.385 e. The van der Waals surface area contributed by atoms with E-state index in [1.54, 1.807) is 18.4 Å². The summed E-state index contributed by atoms with van der Waals surface area (Å²) in [6, 6.07) is 0.364. The molecule has 0 aliphatic heterocycles. The van der Waals surface area contributed by atoms with E-state index in [1.165, 1.54) is 0 Å². The Morgan fingerprint density at radius 1 is 1.35 bits per heavy atom. The zero-order chi connectivity index (χ0) is 12.5. The molecule has 0 aliphatic rings. The second kappa shape index (κ2) is 8.55. The third kappa shape index (κ3) is 5.10. The van der Waals surface area contributed by atoms with E-state index in [4.69, 9.17) is 4.74 Å². The topological polar surface area (TPSA) is 47.0 Å². The summed E-state index contributed by atoms with van der Waals surface area (Å²) in [5, 5.41) is 14.3. The molecule has 0 aliphatic carbocycles. The highest BCUT2D eigenvalue weighted by molar-refractivity contribution is 7.11. The lowest BCUT2D eigenvalue weighted by Crippen LogP contribution is -2.21. The Balaban J connectivity index is 2.46. The van der Waals surface area contributed by atoms with Crippen LogP contribution in [0, 0.1) is 0 Å². The molecule has 4 nitrogen and oxygen atoms in total. The Morgan fingerprint density at radius 3 is 2.82 bits per heavy atom. The molecule has 0 spiro atoms. The maximum atomic E-state index is 5.04. The number of rotatable bonds is 9. The molecule has 0 fully saturated rings. The second-order valence-corrected chi connectivity index (χ2v) is 5.14. The fraction of sp³-hybridized carbons (Fsp3) is 0.833. The third-order valence-electron chi connectivity index (χ3n) is 2.57. The van der Waals surface area contributed by atoms with Gasteiger partial charge >= 0.3 is 0 Å². The van der Waals surface area contributed by atoms with E-state index in [9.17, 15) is 0 Å². The Morgan fingerprint density at radius 2 is 2.18 bits per heavy atom. The number of methoxy groups -OCH3 is 1. The van der Waals surface area contributed by atoms with Crippen molar-refractivity contribution in [2.24, 2.45) is 0 Å². The molecule has 1 aromatic heterocycles. The molecule has 1 aromatic rings. The monoisotopic (exact) mass is 257 g/mol. The van der Waals surface area contributed by atoms with Crippen molar-refractivity contribution >= 4 is 11.3 Å². The summed E-state index contributed by atoms with van der Waals surface area (Å²) in [7, 11) is 1.73. The lowest BCUT2D eigenvalue weighted by molar-refractivity contribution is 0.195. The molecular formula is C12H23N3OS. The Labute approximate surface area is 108 Å². The Bertz CT molecular complexity index is 304. The zero-order valence-electron chi connectivity index (χ0n) is 11.0. The molecule has 1 unspecified atom stereocenters. The first-order valence-corrected chi connectivity index (χ1v) is 7.18. The molecule has 1 atom stereocenters. The van der Waals surface area contributed by atoms with Crippen molar-refractivity contribution in [2.45, 2.75) is 45.6 Å². The van der Waals surface area contributed by atoms with Gasteiger partial charge in [-0.15, -0.1) is 10.2 Å². The molecule has 0 aromatic carbocycles. The van der Waals surface area contributed by atoms with E-state index in [2.05, 4.69) is 29.4 Å². The van der Waals surface area contributed by atoms with E-state index in [1.807, 2.05) is 0 Å². The SMILES string of the molecule is CCCNC(CC)c1nnc(CCCOC)s1. The van der Waals surface area contributed by atoms with Gasteiger partial charge in [-0.1, -0.05) is 25.2 Å². The summed E-state index contributed by atoms with van der Waals surface area (Å²) < 4.78 is 5.04. The van der Waals surface area contributed by atoms with E-state index in [0.29, 0.717) is 6.04 Å². The highest BCUT2D eigenvalue weighted by Gasteiger charge is 2.13. The van der Waals surface area contributed by atoms with Crippen LogP contribution in [0.4, 0.5) is 0 Å². The van der Waals surface area contributed by atoms with Gasteiger partial charge in [0.25, 0.3) is 0 Å². The van der Waals surface area contributed by atoms with E-state index >= 15 is 0 Å². The van der Waals surface area contributed by atoms with Gasteiger partial charge in [0.05, 0.1) is 6.04 Å². The van der Waals surface area contributed by atoms with Crippen molar-refractivity contribution in [3.05, 3.63) is 10.0 Å². The fourth-order valence-electron chi connectivity index (χ4n) is 1.60. The Hall–Kier alpha value is -0.520. The number of aryl methyl sites for hydroxylation is 1.